The Morgan fingerprint density at radius 1 is 1.04 bits per heavy atom. The van der Waals surface area contributed by atoms with Crippen molar-refractivity contribution in [1.82, 2.24) is 5.32 Å². The summed E-state index contributed by atoms with van der Waals surface area (Å²) < 4.78 is 38.6. The van der Waals surface area contributed by atoms with Crippen LogP contribution in [0.3, 0.4) is 0 Å². The van der Waals surface area contributed by atoms with E-state index in [-0.39, 0.29) is 18.2 Å². The molecular weight excluding hydrogens is 364 g/mol. The lowest BCUT2D eigenvalue weighted by molar-refractivity contribution is 0.0929. The van der Waals surface area contributed by atoms with E-state index in [1.54, 1.807) is 0 Å². The van der Waals surface area contributed by atoms with Gasteiger partial charge in [-0.2, -0.15) is 0 Å². The van der Waals surface area contributed by atoms with E-state index in [4.69, 9.17) is 9.47 Å². The van der Waals surface area contributed by atoms with Gasteiger partial charge in [0.1, 0.15) is 35.0 Å². The molecule has 3 aromatic carbocycles. The molecule has 4 nitrogen and oxygen atoms in total. The van der Waals surface area contributed by atoms with Gasteiger partial charge >= 0.3 is 0 Å². The van der Waals surface area contributed by atoms with Gasteiger partial charge in [-0.3, -0.25) is 4.79 Å². The highest BCUT2D eigenvalue weighted by molar-refractivity contribution is 5.94. The summed E-state index contributed by atoms with van der Waals surface area (Å²) in [5.41, 5.74) is 0.638. The second-order valence-corrected chi connectivity index (χ2v) is 6.46. The van der Waals surface area contributed by atoms with Crippen LogP contribution >= 0.6 is 0 Å². The molecule has 1 heterocycles. The van der Waals surface area contributed by atoms with E-state index < -0.39 is 17.5 Å². The van der Waals surface area contributed by atoms with Gasteiger partial charge in [-0.25, -0.2) is 8.78 Å². The zero-order valence-electron chi connectivity index (χ0n) is 14.8. The molecule has 0 aliphatic carbocycles. The zero-order valence-corrected chi connectivity index (χ0v) is 14.8. The highest BCUT2D eigenvalue weighted by Gasteiger charge is 2.24. The average molecular weight is 381 g/mol. The highest BCUT2D eigenvalue weighted by Crippen LogP contribution is 2.33. The van der Waals surface area contributed by atoms with Crippen LogP contribution in [0.1, 0.15) is 15.9 Å². The van der Waals surface area contributed by atoms with Crippen LogP contribution in [0, 0.1) is 11.6 Å². The second-order valence-electron chi connectivity index (χ2n) is 6.46. The Kier molecular flexibility index (Phi) is 4.93. The molecule has 0 spiro atoms. The number of nitrogens with one attached hydrogen (secondary N) is 1. The van der Waals surface area contributed by atoms with Crippen LogP contribution < -0.4 is 14.8 Å². The molecule has 1 atom stereocenters. The molecular formula is C22H17F2NO3. The summed E-state index contributed by atoms with van der Waals surface area (Å²) in [6.45, 7) is 0.179. The number of fused-ring (bicyclic) bond motifs is 1. The first kappa shape index (κ1) is 18.0. The number of benzene rings is 3. The van der Waals surface area contributed by atoms with Crippen LogP contribution in [0.2, 0.25) is 0 Å². The number of halogens is 2. The van der Waals surface area contributed by atoms with Crippen LogP contribution in [0.4, 0.5) is 8.78 Å². The lowest BCUT2D eigenvalue weighted by Crippen LogP contribution is -2.34. The quantitative estimate of drug-likeness (QED) is 0.708. The molecule has 6 heteroatoms. The minimum absolute atomic E-state index is 0.179. The number of hydrogen-bond donors (Lipinski definition) is 1. The van der Waals surface area contributed by atoms with E-state index in [1.807, 2.05) is 48.5 Å². The van der Waals surface area contributed by atoms with Crippen molar-refractivity contribution >= 4 is 5.91 Å². The minimum atomic E-state index is -0.766. The zero-order chi connectivity index (χ0) is 19.5. The Morgan fingerprint density at radius 2 is 1.86 bits per heavy atom. The molecule has 0 saturated carbocycles. The Labute approximate surface area is 160 Å². The van der Waals surface area contributed by atoms with Gasteiger partial charge in [0.05, 0.1) is 12.1 Å². The third-order valence-electron chi connectivity index (χ3n) is 4.42. The normalized spacial score (nSPS) is 14.9. The summed E-state index contributed by atoms with van der Waals surface area (Å²) in [4.78, 5) is 12.1. The van der Waals surface area contributed by atoms with Gasteiger partial charge in [0.2, 0.25) is 0 Å². The summed E-state index contributed by atoms with van der Waals surface area (Å²) in [5.74, 6) is 0.0443. The van der Waals surface area contributed by atoms with Crippen molar-refractivity contribution in [3.8, 4) is 17.2 Å². The molecule has 1 unspecified atom stereocenters. The first-order valence-corrected chi connectivity index (χ1v) is 8.84. The maximum absolute atomic E-state index is 13.7. The number of ether oxygens (including phenoxy) is 2. The van der Waals surface area contributed by atoms with E-state index in [1.165, 1.54) is 0 Å². The predicted molar refractivity (Wildman–Crippen MR) is 99.8 cm³/mol. The van der Waals surface area contributed by atoms with Gasteiger partial charge in [-0.1, -0.05) is 18.2 Å². The molecule has 3 aromatic rings. The molecule has 1 aliphatic rings. The third kappa shape index (κ3) is 3.96. The van der Waals surface area contributed by atoms with Crippen molar-refractivity contribution in [1.29, 1.82) is 0 Å². The van der Waals surface area contributed by atoms with E-state index in [0.29, 0.717) is 12.2 Å². The number of hydrogen-bond acceptors (Lipinski definition) is 3. The fraction of sp³-hybridized carbons (Fsp3) is 0.136. The van der Waals surface area contributed by atoms with Crippen molar-refractivity contribution < 1.29 is 23.0 Å². The SMILES string of the molecule is O=C(NCC1Cc2cc(Oc3ccccc3)ccc2O1)c1cc(F)ccc1F. The molecule has 0 fully saturated rings. The summed E-state index contributed by atoms with van der Waals surface area (Å²) in [5, 5.41) is 2.60. The fourth-order valence-corrected chi connectivity index (χ4v) is 3.07. The van der Waals surface area contributed by atoms with Crippen molar-refractivity contribution in [2.45, 2.75) is 12.5 Å². The number of rotatable bonds is 5. The third-order valence-corrected chi connectivity index (χ3v) is 4.42. The Morgan fingerprint density at radius 3 is 2.68 bits per heavy atom. The molecule has 1 N–H and O–H groups in total. The first-order valence-electron chi connectivity index (χ1n) is 8.84. The minimum Gasteiger partial charge on any atom is -0.488 e. The van der Waals surface area contributed by atoms with Gasteiger partial charge in [-0.15, -0.1) is 0 Å². The van der Waals surface area contributed by atoms with Gasteiger partial charge in [0.25, 0.3) is 5.91 Å². The van der Waals surface area contributed by atoms with Crippen LogP contribution in [0.5, 0.6) is 17.2 Å². The number of amides is 1. The standard InChI is InChI=1S/C22H17F2NO3/c23-15-6-8-20(24)19(12-15)22(26)25-13-18-11-14-10-17(7-9-21(14)28-18)27-16-4-2-1-3-5-16/h1-10,12,18H,11,13H2,(H,25,26). The maximum atomic E-state index is 13.7. The molecule has 4 rings (SSSR count). The van der Waals surface area contributed by atoms with Crippen molar-refractivity contribution in [3.63, 3.8) is 0 Å². The topological polar surface area (TPSA) is 47.6 Å². The molecule has 1 amide bonds. The lowest BCUT2D eigenvalue weighted by atomic mass is 10.1. The Bertz CT molecular complexity index is 1010. The van der Waals surface area contributed by atoms with Crippen molar-refractivity contribution in [2.24, 2.45) is 0 Å². The highest BCUT2D eigenvalue weighted by atomic mass is 19.1. The van der Waals surface area contributed by atoms with E-state index in [9.17, 15) is 13.6 Å². The monoisotopic (exact) mass is 381 g/mol. The summed E-state index contributed by atoms with van der Waals surface area (Å²) >= 11 is 0. The fourth-order valence-electron chi connectivity index (χ4n) is 3.07. The van der Waals surface area contributed by atoms with Crippen LogP contribution in [-0.4, -0.2) is 18.6 Å². The molecule has 1 aliphatic heterocycles. The Balaban J connectivity index is 1.37. The Hall–Kier alpha value is -3.41. The van der Waals surface area contributed by atoms with Gasteiger partial charge < -0.3 is 14.8 Å². The van der Waals surface area contributed by atoms with Crippen LogP contribution in [0.25, 0.3) is 0 Å². The van der Waals surface area contributed by atoms with E-state index in [2.05, 4.69) is 5.32 Å². The lowest BCUT2D eigenvalue weighted by Gasteiger charge is -2.12. The van der Waals surface area contributed by atoms with Gasteiger partial charge in [0.15, 0.2) is 0 Å². The van der Waals surface area contributed by atoms with Crippen molar-refractivity contribution in [3.05, 3.63) is 89.5 Å². The molecule has 0 aromatic heterocycles. The number of carbonyl (C=O) groups excluding carboxylic acids is 1. The second kappa shape index (κ2) is 7.68. The molecule has 0 bridgehead atoms. The van der Waals surface area contributed by atoms with Gasteiger partial charge in [0, 0.05) is 12.0 Å². The maximum Gasteiger partial charge on any atom is 0.254 e. The van der Waals surface area contributed by atoms with Crippen LogP contribution in [-0.2, 0) is 6.42 Å². The predicted octanol–water partition coefficient (Wildman–Crippen LogP) is 4.49. The summed E-state index contributed by atoms with van der Waals surface area (Å²) in [6, 6.07) is 17.8. The van der Waals surface area contributed by atoms with Gasteiger partial charge in [-0.05, 0) is 48.5 Å². The first-order chi connectivity index (χ1) is 13.6. The molecule has 142 valence electrons. The number of para-hydroxylation sites is 1. The molecule has 28 heavy (non-hydrogen) atoms. The van der Waals surface area contributed by atoms with Crippen molar-refractivity contribution in [2.75, 3.05) is 6.54 Å². The van der Waals surface area contributed by atoms with Crippen LogP contribution in [0.15, 0.2) is 66.7 Å². The summed E-state index contributed by atoms with van der Waals surface area (Å²) in [6.07, 6.45) is 0.287. The smallest absolute Gasteiger partial charge is 0.254 e. The van der Waals surface area contributed by atoms with E-state index in [0.717, 1.165) is 35.3 Å². The summed E-state index contributed by atoms with van der Waals surface area (Å²) in [7, 11) is 0. The van der Waals surface area contributed by atoms with E-state index >= 15 is 0 Å². The largest absolute Gasteiger partial charge is 0.488 e. The number of carbonyl (C=O) groups is 1. The molecule has 0 saturated heterocycles. The average Bonchev–Trinajstić information content (AvgIpc) is 3.11. The molecule has 0 radical (unpaired) electrons.